The molecule has 26 heavy (non-hydrogen) atoms. The number of allylic oxidation sites excluding steroid dienone is 5. The minimum atomic E-state index is 0.874. The van der Waals surface area contributed by atoms with Crippen molar-refractivity contribution in [2.75, 3.05) is 11.9 Å². The van der Waals surface area contributed by atoms with Gasteiger partial charge in [-0.3, -0.25) is 0 Å². The molecule has 0 bridgehead atoms. The van der Waals surface area contributed by atoms with Gasteiger partial charge in [-0.15, -0.1) is 0 Å². The highest BCUT2D eigenvalue weighted by molar-refractivity contribution is 5.89. The topological polar surface area (TPSA) is 3.24 Å². The van der Waals surface area contributed by atoms with Crippen LogP contribution in [0.3, 0.4) is 0 Å². The molecule has 2 aromatic carbocycles. The predicted octanol–water partition coefficient (Wildman–Crippen LogP) is 6.48. The fourth-order valence-corrected chi connectivity index (χ4v) is 3.66. The highest BCUT2D eigenvalue weighted by Crippen LogP contribution is 2.38. The molecule has 0 atom stereocenters. The molecule has 1 heteroatoms. The second-order valence-electron chi connectivity index (χ2n) is 7.05. The average Bonchev–Trinajstić information content (AvgIpc) is 2.67. The summed E-state index contributed by atoms with van der Waals surface area (Å²) < 4.78 is 0. The predicted molar refractivity (Wildman–Crippen MR) is 114 cm³/mol. The van der Waals surface area contributed by atoms with E-state index in [4.69, 9.17) is 0 Å². The van der Waals surface area contributed by atoms with E-state index in [0.717, 1.165) is 17.7 Å². The Morgan fingerprint density at radius 1 is 1.00 bits per heavy atom. The zero-order valence-corrected chi connectivity index (χ0v) is 16.3. The number of nitrogens with zero attached hydrogens (tertiary/aromatic N) is 1. The van der Waals surface area contributed by atoms with Crippen LogP contribution in [-0.2, 0) is 6.42 Å². The van der Waals surface area contributed by atoms with E-state index in [-0.39, 0.29) is 0 Å². The summed E-state index contributed by atoms with van der Waals surface area (Å²) >= 11 is 0. The molecule has 0 saturated heterocycles. The summed E-state index contributed by atoms with van der Waals surface area (Å²) in [6.07, 6.45) is 3.19. The zero-order chi connectivity index (χ0) is 18.8. The highest BCUT2D eigenvalue weighted by Gasteiger charge is 2.20. The van der Waals surface area contributed by atoms with Crippen molar-refractivity contribution in [3.05, 3.63) is 107 Å². The minimum Gasteiger partial charge on any atom is -0.345 e. The summed E-state index contributed by atoms with van der Waals surface area (Å²) in [6.45, 7) is 15.1. The molecular weight excluding hydrogens is 314 g/mol. The van der Waals surface area contributed by atoms with E-state index in [9.17, 15) is 0 Å². The number of fused-ring (bicyclic) bond motifs is 1. The molecular formula is C25H27N. The van der Waals surface area contributed by atoms with E-state index in [1.807, 2.05) is 0 Å². The number of benzene rings is 2. The molecule has 1 aliphatic heterocycles. The van der Waals surface area contributed by atoms with E-state index in [1.165, 1.54) is 39.1 Å². The maximum Gasteiger partial charge on any atom is 0.0443 e. The lowest BCUT2D eigenvalue weighted by atomic mass is 9.86. The quantitative estimate of drug-likeness (QED) is 0.604. The maximum atomic E-state index is 4.43. The Morgan fingerprint density at radius 2 is 1.65 bits per heavy atom. The summed E-state index contributed by atoms with van der Waals surface area (Å²) in [6, 6.07) is 17.1. The Kier molecular flexibility index (Phi) is 4.99. The van der Waals surface area contributed by atoms with Crippen LogP contribution in [0.2, 0.25) is 0 Å². The van der Waals surface area contributed by atoms with Crippen molar-refractivity contribution in [1.29, 1.82) is 0 Å². The molecule has 0 radical (unpaired) electrons. The molecule has 0 aliphatic carbocycles. The van der Waals surface area contributed by atoms with Gasteiger partial charge in [-0.05, 0) is 66.7 Å². The Morgan fingerprint density at radius 3 is 2.35 bits per heavy atom. The summed E-state index contributed by atoms with van der Waals surface area (Å²) in [5, 5.41) is 0. The molecule has 2 aromatic rings. The van der Waals surface area contributed by atoms with E-state index in [2.05, 4.69) is 100 Å². The molecule has 1 nitrogen and oxygen atoms in total. The average molecular weight is 341 g/mol. The van der Waals surface area contributed by atoms with Gasteiger partial charge in [0.2, 0.25) is 0 Å². The van der Waals surface area contributed by atoms with Crippen LogP contribution in [0.5, 0.6) is 0 Å². The monoisotopic (exact) mass is 341 g/mol. The van der Waals surface area contributed by atoms with Gasteiger partial charge in [0.05, 0.1) is 0 Å². The highest BCUT2D eigenvalue weighted by atomic mass is 15.1. The molecule has 0 unspecified atom stereocenters. The number of anilines is 1. The van der Waals surface area contributed by atoms with Gasteiger partial charge in [-0.2, -0.15) is 0 Å². The number of hydrogen-bond donors (Lipinski definition) is 0. The van der Waals surface area contributed by atoms with Gasteiger partial charge >= 0.3 is 0 Å². The zero-order valence-electron chi connectivity index (χ0n) is 16.3. The van der Waals surface area contributed by atoms with Crippen molar-refractivity contribution < 1.29 is 0 Å². The normalized spacial score (nSPS) is 15.0. The Labute approximate surface area is 157 Å². The number of likely N-dealkylation sites (N-methyl/N-ethyl adjacent to an activating group) is 1. The van der Waals surface area contributed by atoms with Gasteiger partial charge in [-0.25, -0.2) is 0 Å². The molecule has 1 heterocycles. The van der Waals surface area contributed by atoms with Gasteiger partial charge in [0.25, 0.3) is 0 Å². The van der Waals surface area contributed by atoms with E-state index in [1.54, 1.807) is 0 Å². The van der Waals surface area contributed by atoms with Crippen LogP contribution >= 0.6 is 0 Å². The van der Waals surface area contributed by atoms with Crippen LogP contribution in [0, 0.1) is 6.92 Å². The standard InChI is InChI=1S/C25H27N/c1-17(2)22-16-15-21-12-8-10-14-24(21)26(6)20(5)19(4)25(22)23-13-9-7-11-18(23)3/h7-14,16H,1,5,15H2,2-4,6H3. The third-order valence-corrected chi connectivity index (χ3v) is 5.24. The van der Waals surface area contributed by atoms with Crippen molar-refractivity contribution in [3.8, 4) is 0 Å². The smallest absolute Gasteiger partial charge is 0.0443 e. The minimum absolute atomic E-state index is 0.874. The summed E-state index contributed by atoms with van der Waals surface area (Å²) in [5.74, 6) is 0. The van der Waals surface area contributed by atoms with Gasteiger partial charge in [0, 0.05) is 18.4 Å². The van der Waals surface area contributed by atoms with Crippen LogP contribution < -0.4 is 4.90 Å². The number of para-hydroxylation sites is 1. The lowest BCUT2D eigenvalue weighted by Gasteiger charge is -2.26. The molecule has 0 N–H and O–H groups in total. The van der Waals surface area contributed by atoms with Crippen LogP contribution in [0.4, 0.5) is 5.69 Å². The van der Waals surface area contributed by atoms with Gasteiger partial charge in [0.1, 0.15) is 0 Å². The number of aryl methyl sites for hydroxylation is 1. The van der Waals surface area contributed by atoms with Crippen molar-refractivity contribution in [1.82, 2.24) is 0 Å². The van der Waals surface area contributed by atoms with Crippen LogP contribution in [-0.4, -0.2) is 7.05 Å². The molecule has 132 valence electrons. The van der Waals surface area contributed by atoms with Crippen LogP contribution in [0.1, 0.15) is 30.5 Å². The first-order valence-electron chi connectivity index (χ1n) is 9.06. The van der Waals surface area contributed by atoms with E-state index < -0.39 is 0 Å². The van der Waals surface area contributed by atoms with E-state index >= 15 is 0 Å². The number of rotatable bonds is 2. The largest absolute Gasteiger partial charge is 0.345 e. The Bertz CT molecular complexity index is 940. The van der Waals surface area contributed by atoms with Gasteiger partial charge < -0.3 is 4.90 Å². The lowest BCUT2D eigenvalue weighted by Crippen LogP contribution is -2.18. The third-order valence-electron chi connectivity index (χ3n) is 5.24. The number of hydrogen-bond acceptors (Lipinski definition) is 1. The van der Waals surface area contributed by atoms with Crippen molar-refractivity contribution in [2.24, 2.45) is 0 Å². The maximum absolute atomic E-state index is 4.43. The Balaban J connectivity index is 2.32. The second-order valence-corrected chi connectivity index (χ2v) is 7.05. The molecule has 0 saturated carbocycles. The Hall–Kier alpha value is -2.80. The van der Waals surface area contributed by atoms with Crippen molar-refractivity contribution in [2.45, 2.75) is 27.2 Å². The fourth-order valence-electron chi connectivity index (χ4n) is 3.66. The van der Waals surface area contributed by atoms with E-state index in [0.29, 0.717) is 0 Å². The second kappa shape index (κ2) is 7.21. The first-order valence-corrected chi connectivity index (χ1v) is 9.06. The summed E-state index contributed by atoms with van der Waals surface area (Å²) in [4.78, 5) is 2.21. The molecule has 0 spiro atoms. The molecule has 0 amide bonds. The first-order chi connectivity index (χ1) is 12.4. The van der Waals surface area contributed by atoms with Gasteiger partial charge in [-0.1, -0.05) is 67.3 Å². The summed E-state index contributed by atoms with van der Waals surface area (Å²) in [5.41, 5.74) is 10.8. The van der Waals surface area contributed by atoms with Crippen molar-refractivity contribution in [3.63, 3.8) is 0 Å². The summed E-state index contributed by atoms with van der Waals surface area (Å²) in [7, 11) is 2.10. The fraction of sp³-hybridized carbons (Fsp3) is 0.200. The molecule has 3 rings (SSSR count). The third kappa shape index (κ3) is 3.17. The van der Waals surface area contributed by atoms with Gasteiger partial charge in [0.15, 0.2) is 0 Å². The molecule has 0 fully saturated rings. The van der Waals surface area contributed by atoms with Crippen molar-refractivity contribution >= 4 is 11.3 Å². The first kappa shape index (κ1) is 18.0. The molecule has 1 aliphatic rings. The van der Waals surface area contributed by atoms with Crippen LogP contribution in [0.15, 0.2) is 90.2 Å². The van der Waals surface area contributed by atoms with Crippen LogP contribution in [0.25, 0.3) is 5.57 Å². The lowest BCUT2D eigenvalue weighted by molar-refractivity contribution is 1.08. The SMILES string of the molecule is C=C(C)C1=CCc2ccccc2N(C)C(=C)C(C)=C1c1ccccc1C. The molecule has 0 aromatic heterocycles.